The maximum absolute atomic E-state index is 12.7. The highest BCUT2D eigenvalue weighted by Crippen LogP contribution is 2.32. The second-order valence-electron chi connectivity index (χ2n) is 7.69. The summed E-state index contributed by atoms with van der Waals surface area (Å²) in [6.07, 6.45) is -3.89. The number of nitrogens with zero attached hydrogens (tertiary/aromatic N) is 1. The van der Waals surface area contributed by atoms with Gasteiger partial charge in [-0.25, -0.2) is 13.4 Å². The van der Waals surface area contributed by atoms with Gasteiger partial charge in [0.15, 0.2) is 0 Å². The average Bonchev–Trinajstić information content (AvgIpc) is 3.31. The van der Waals surface area contributed by atoms with Crippen LogP contribution < -0.4 is 20.9 Å². The van der Waals surface area contributed by atoms with Crippen LogP contribution in [0.5, 0.6) is 0 Å². The number of carbonyl (C=O) groups excluding carboxylic acids is 2. The lowest BCUT2D eigenvalue weighted by Crippen LogP contribution is -2.41. The zero-order valence-corrected chi connectivity index (χ0v) is 22.4. The van der Waals surface area contributed by atoms with Gasteiger partial charge in [-0.2, -0.15) is 13.2 Å². The summed E-state index contributed by atoms with van der Waals surface area (Å²) in [4.78, 5) is 30.3. The third-order valence-electron chi connectivity index (χ3n) is 4.73. The first kappa shape index (κ1) is 29.6. The molecule has 0 radical (unpaired) electrons. The zero-order valence-electron chi connectivity index (χ0n) is 19.2. The Labute approximate surface area is 229 Å². The number of alkyl halides is 3. The van der Waals surface area contributed by atoms with E-state index in [0.717, 1.165) is 17.4 Å². The van der Waals surface area contributed by atoms with Crippen LogP contribution in [0.15, 0.2) is 52.9 Å². The summed E-state index contributed by atoms with van der Waals surface area (Å²) in [6, 6.07) is 10.1. The molecule has 0 saturated carbocycles. The van der Waals surface area contributed by atoms with E-state index in [-0.39, 0.29) is 46.8 Å². The minimum absolute atomic E-state index is 0.0242. The predicted octanol–water partition coefficient (Wildman–Crippen LogP) is 4.85. The van der Waals surface area contributed by atoms with Crippen LogP contribution >= 0.6 is 34.5 Å². The van der Waals surface area contributed by atoms with Gasteiger partial charge in [0.2, 0.25) is 11.8 Å². The average molecular weight is 610 g/mol. The fourth-order valence-electron chi connectivity index (χ4n) is 2.91. The van der Waals surface area contributed by atoms with Crippen LogP contribution in [-0.2, 0) is 32.2 Å². The van der Waals surface area contributed by atoms with E-state index < -0.39 is 27.7 Å². The molecule has 2 heterocycles. The first-order valence-electron chi connectivity index (χ1n) is 10.7. The summed E-state index contributed by atoms with van der Waals surface area (Å²) in [5.41, 5.74) is 1.64. The minimum Gasteiger partial charge on any atom is -0.369 e. The van der Waals surface area contributed by atoms with Gasteiger partial charge in [-0.05, 0) is 48.9 Å². The molecule has 3 rings (SSSR count). The van der Waals surface area contributed by atoms with Gasteiger partial charge in [0.05, 0.1) is 17.0 Å². The number of hydrogen-bond acceptors (Lipinski definition) is 7. The van der Waals surface area contributed by atoms with Gasteiger partial charge in [0, 0.05) is 34.7 Å². The van der Waals surface area contributed by atoms with Crippen LogP contribution in [-0.4, -0.2) is 31.8 Å². The summed E-state index contributed by atoms with van der Waals surface area (Å²) in [5, 5.41) is 5.69. The Hall–Kier alpha value is -2.91. The predicted molar refractivity (Wildman–Crippen MR) is 139 cm³/mol. The number of pyridine rings is 1. The number of rotatable bonds is 11. The van der Waals surface area contributed by atoms with Crippen LogP contribution in [0.1, 0.15) is 23.3 Å². The van der Waals surface area contributed by atoms with Crippen molar-refractivity contribution in [3.05, 3.63) is 69.1 Å². The highest BCUT2D eigenvalue weighted by molar-refractivity contribution is 7.91. The first-order valence-corrected chi connectivity index (χ1v) is 13.8. The molecule has 0 unspecified atom stereocenters. The Morgan fingerprint density at radius 2 is 1.74 bits per heavy atom. The number of sulfonamides is 1. The van der Waals surface area contributed by atoms with Crippen LogP contribution in [0, 0.1) is 0 Å². The molecule has 38 heavy (non-hydrogen) atoms. The largest absolute Gasteiger partial charge is 0.417 e. The molecule has 0 fully saturated rings. The first-order chi connectivity index (χ1) is 17.8. The van der Waals surface area contributed by atoms with Crippen molar-refractivity contribution < 1.29 is 31.2 Å². The Morgan fingerprint density at radius 1 is 1.03 bits per heavy atom. The molecule has 0 aliphatic heterocycles. The highest BCUT2D eigenvalue weighted by atomic mass is 35.5. The van der Waals surface area contributed by atoms with Gasteiger partial charge in [-0.15, -0.1) is 16.2 Å². The molecule has 9 nitrogen and oxygen atoms in total. The van der Waals surface area contributed by atoms with Crippen LogP contribution in [0.4, 0.5) is 24.7 Å². The van der Waals surface area contributed by atoms with Crippen molar-refractivity contribution in [1.29, 1.82) is 0 Å². The summed E-state index contributed by atoms with van der Waals surface area (Å²) in [7, 11) is -4.07. The number of hydrazine groups is 1. The zero-order chi connectivity index (χ0) is 27.9. The van der Waals surface area contributed by atoms with E-state index in [1.807, 2.05) is 4.83 Å². The maximum Gasteiger partial charge on any atom is 0.417 e. The monoisotopic (exact) mass is 609 g/mol. The van der Waals surface area contributed by atoms with Crippen molar-refractivity contribution in [2.75, 3.05) is 17.2 Å². The van der Waals surface area contributed by atoms with Crippen LogP contribution in [0.3, 0.4) is 0 Å². The standard InChI is InChI=1S/C22H20Cl2F3N5O4S2/c23-14-3-5-15(6-4-14)30-19(34)11-16-7-8-20(37-16)38(35,36)32-31-18(33)2-1-9-28-21-17(24)10-13(12-29-21)22(25,26)27/h3-8,10,12,32H,1-2,9,11H2,(H,28,29)(H,30,34)(H,31,33). The molecule has 2 amide bonds. The molecule has 0 atom stereocenters. The summed E-state index contributed by atoms with van der Waals surface area (Å²) >= 11 is 12.5. The van der Waals surface area contributed by atoms with E-state index in [2.05, 4.69) is 21.0 Å². The molecule has 0 aliphatic rings. The Morgan fingerprint density at radius 3 is 2.39 bits per heavy atom. The molecular weight excluding hydrogens is 590 g/mol. The number of aromatic nitrogens is 1. The normalized spacial score (nSPS) is 11.7. The molecule has 2 aromatic heterocycles. The minimum atomic E-state index is -4.57. The van der Waals surface area contributed by atoms with E-state index >= 15 is 0 Å². The van der Waals surface area contributed by atoms with E-state index in [9.17, 15) is 31.2 Å². The van der Waals surface area contributed by atoms with Gasteiger partial charge >= 0.3 is 6.18 Å². The van der Waals surface area contributed by atoms with Gasteiger partial charge in [0.1, 0.15) is 10.0 Å². The molecule has 3 aromatic rings. The molecule has 0 bridgehead atoms. The smallest absolute Gasteiger partial charge is 0.369 e. The van der Waals surface area contributed by atoms with Crippen LogP contribution in [0.25, 0.3) is 0 Å². The van der Waals surface area contributed by atoms with Crippen molar-refractivity contribution in [3.8, 4) is 0 Å². The maximum atomic E-state index is 12.7. The lowest BCUT2D eigenvalue weighted by atomic mass is 10.2. The van der Waals surface area contributed by atoms with Crippen molar-refractivity contribution in [2.24, 2.45) is 0 Å². The molecule has 4 N–H and O–H groups in total. The molecule has 0 spiro atoms. The highest BCUT2D eigenvalue weighted by Gasteiger charge is 2.31. The molecule has 204 valence electrons. The second-order valence-corrected chi connectivity index (χ2v) is 11.6. The Kier molecular flexibility index (Phi) is 9.95. The lowest BCUT2D eigenvalue weighted by molar-refractivity contribution is -0.137. The van der Waals surface area contributed by atoms with Crippen molar-refractivity contribution >= 4 is 67.9 Å². The third-order valence-corrected chi connectivity index (χ3v) is 8.10. The quantitative estimate of drug-likeness (QED) is 0.182. The summed E-state index contributed by atoms with van der Waals surface area (Å²) in [6.45, 7) is 0.143. The Bertz CT molecular complexity index is 1400. The SMILES string of the molecule is O=C(CCCNc1ncc(C(F)(F)F)cc1Cl)NNS(=O)(=O)c1ccc(CC(=O)Nc2ccc(Cl)cc2)s1. The van der Waals surface area contributed by atoms with Gasteiger partial charge in [-0.3, -0.25) is 15.0 Å². The van der Waals surface area contributed by atoms with Crippen molar-refractivity contribution in [2.45, 2.75) is 29.6 Å². The molecular formula is C22H20Cl2F3N5O4S2. The molecule has 0 saturated heterocycles. The molecule has 1 aromatic carbocycles. The molecule has 16 heteroatoms. The molecule has 0 aliphatic carbocycles. The topological polar surface area (TPSA) is 129 Å². The number of halogens is 5. The van der Waals surface area contributed by atoms with Crippen molar-refractivity contribution in [1.82, 2.24) is 15.2 Å². The van der Waals surface area contributed by atoms with E-state index in [0.29, 0.717) is 21.8 Å². The summed E-state index contributed by atoms with van der Waals surface area (Å²) in [5.74, 6) is -0.960. The Balaban J connectivity index is 1.41. The summed E-state index contributed by atoms with van der Waals surface area (Å²) < 4.78 is 62.8. The number of thiophene rings is 1. The third kappa shape index (κ3) is 8.84. The number of amides is 2. The van der Waals surface area contributed by atoms with Crippen LogP contribution in [0.2, 0.25) is 10.0 Å². The second kappa shape index (κ2) is 12.8. The fraction of sp³-hybridized carbons (Fsp3) is 0.227. The number of hydrogen-bond donors (Lipinski definition) is 4. The van der Waals surface area contributed by atoms with E-state index in [4.69, 9.17) is 23.2 Å². The van der Waals surface area contributed by atoms with Gasteiger partial charge in [0.25, 0.3) is 10.0 Å². The number of nitrogens with one attached hydrogen (secondary N) is 4. The fourth-order valence-corrected chi connectivity index (χ4v) is 5.48. The number of benzene rings is 1. The van der Waals surface area contributed by atoms with E-state index in [1.165, 1.54) is 12.1 Å². The van der Waals surface area contributed by atoms with Gasteiger partial charge in [-0.1, -0.05) is 23.2 Å². The van der Waals surface area contributed by atoms with Gasteiger partial charge < -0.3 is 10.6 Å². The van der Waals surface area contributed by atoms with Crippen molar-refractivity contribution in [3.63, 3.8) is 0 Å². The number of carbonyl (C=O) groups is 2. The van der Waals surface area contributed by atoms with E-state index in [1.54, 1.807) is 24.3 Å². The number of anilines is 2. The lowest BCUT2D eigenvalue weighted by Gasteiger charge is -2.11.